The first-order valence-electron chi connectivity index (χ1n) is 9.81. The zero-order valence-electron chi connectivity index (χ0n) is 16.9. The average Bonchev–Trinajstić information content (AvgIpc) is 3.03. The molecule has 0 saturated heterocycles. The molecule has 1 amide bonds. The van der Waals surface area contributed by atoms with Crippen molar-refractivity contribution in [1.29, 1.82) is 0 Å². The number of nitrogens with one attached hydrogen (secondary N) is 1. The minimum Gasteiger partial charge on any atom is -0.494 e. The molecule has 3 aromatic rings. The highest BCUT2D eigenvalue weighted by atomic mass is 35.5. The number of benzene rings is 2. The van der Waals surface area contributed by atoms with Gasteiger partial charge in [0.15, 0.2) is 0 Å². The van der Waals surface area contributed by atoms with Crippen molar-refractivity contribution in [2.24, 2.45) is 15.3 Å². The van der Waals surface area contributed by atoms with Crippen LogP contribution in [0.4, 0.5) is 0 Å². The fraction of sp³-hybridized carbons (Fsp3) is 0.182. The third-order valence-electron chi connectivity index (χ3n) is 5.11. The van der Waals surface area contributed by atoms with Crippen LogP contribution in [0.5, 0.6) is 5.88 Å². The molecule has 0 aliphatic carbocycles. The Morgan fingerprint density at radius 2 is 1.78 bits per heavy atom. The molecule has 0 spiro atoms. The number of nitrogens with zero attached hydrogens (tertiary/aromatic N) is 4. The molecule has 4 rings (SSSR count). The number of hydrogen-bond acceptors (Lipinski definition) is 5. The Bertz CT molecular complexity index is 1290. The molecule has 1 aliphatic heterocycles. The van der Waals surface area contributed by atoms with Gasteiger partial charge in [-0.2, -0.15) is 15.3 Å². The molecule has 164 valence electrons. The molecule has 32 heavy (non-hydrogen) atoms. The average molecular weight is 491 g/mol. The molecule has 2 heterocycles. The quantitative estimate of drug-likeness (QED) is 0.370. The molecule has 0 bridgehead atoms. The van der Waals surface area contributed by atoms with Crippen LogP contribution in [-0.4, -0.2) is 33.7 Å². The second kappa shape index (κ2) is 9.32. The van der Waals surface area contributed by atoms with Gasteiger partial charge in [0.25, 0.3) is 0 Å². The van der Waals surface area contributed by atoms with Gasteiger partial charge in [-0.05, 0) is 30.7 Å². The molecule has 0 saturated carbocycles. The maximum atomic E-state index is 11.4. The Morgan fingerprint density at radius 1 is 1.09 bits per heavy atom. The number of aromatic hydroxyl groups is 1. The minimum atomic E-state index is -0.0929. The zero-order valence-corrected chi connectivity index (χ0v) is 19.2. The first kappa shape index (κ1) is 22.3. The van der Waals surface area contributed by atoms with Crippen LogP contribution >= 0.6 is 34.8 Å². The minimum absolute atomic E-state index is 0.0834. The van der Waals surface area contributed by atoms with E-state index in [1.54, 1.807) is 16.7 Å². The number of aromatic nitrogens is 1. The lowest BCUT2D eigenvalue weighted by molar-refractivity contribution is -0.121. The lowest BCUT2D eigenvalue weighted by atomic mass is 10.0. The number of rotatable bonds is 5. The van der Waals surface area contributed by atoms with E-state index in [0.29, 0.717) is 45.6 Å². The van der Waals surface area contributed by atoms with E-state index in [9.17, 15) is 9.90 Å². The molecule has 2 N–H and O–H groups in total. The Hall–Kier alpha value is -2.87. The Balaban J connectivity index is 1.67. The highest BCUT2D eigenvalue weighted by Crippen LogP contribution is 2.32. The lowest BCUT2D eigenvalue weighted by Crippen LogP contribution is -2.25. The van der Waals surface area contributed by atoms with Crippen LogP contribution in [0.1, 0.15) is 36.5 Å². The highest BCUT2D eigenvalue weighted by Gasteiger charge is 2.18. The third-order valence-corrected chi connectivity index (χ3v) is 5.96. The fourth-order valence-electron chi connectivity index (χ4n) is 3.53. The molecule has 1 aromatic heterocycles. The van der Waals surface area contributed by atoms with Crippen LogP contribution in [0.3, 0.4) is 0 Å². The van der Waals surface area contributed by atoms with Gasteiger partial charge in [-0.1, -0.05) is 46.9 Å². The van der Waals surface area contributed by atoms with E-state index in [2.05, 4.69) is 20.7 Å². The van der Waals surface area contributed by atoms with Crippen LogP contribution in [0.15, 0.2) is 45.6 Å². The van der Waals surface area contributed by atoms with Crippen molar-refractivity contribution in [3.63, 3.8) is 0 Å². The Morgan fingerprint density at radius 3 is 2.41 bits per heavy atom. The smallest absolute Gasteiger partial charge is 0.240 e. The summed E-state index contributed by atoms with van der Waals surface area (Å²) in [6.07, 6.45) is 3.88. The summed E-state index contributed by atoms with van der Waals surface area (Å²) < 4.78 is 1.78. The van der Waals surface area contributed by atoms with Gasteiger partial charge in [-0.15, -0.1) is 0 Å². The van der Waals surface area contributed by atoms with Crippen molar-refractivity contribution in [3.05, 3.63) is 62.1 Å². The number of fused-ring (bicyclic) bond motifs is 1. The molecule has 0 unspecified atom stereocenters. The second-order valence-electron chi connectivity index (χ2n) is 7.08. The van der Waals surface area contributed by atoms with E-state index in [0.717, 1.165) is 22.2 Å². The van der Waals surface area contributed by atoms with Crippen molar-refractivity contribution in [1.82, 2.24) is 9.99 Å². The molecule has 7 nitrogen and oxygen atoms in total. The van der Waals surface area contributed by atoms with Gasteiger partial charge in [-0.3, -0.25) is 4.79 Å². The standard InChI is InChI=1S/C22H18Cl3N5O2/c1-2-30-20-7-12(19-5-6-21(31)29-28-19)3-4-14(20)15(22(30)32)10-26-27-11-16-17(24)8-13(23)9-18(16)25/h3-4,7-11,32H,2,5-6H2,1H3,(H,29,31)/b26-10?,27-11+. The monoisotopic (exact) mass is 489 g/mol. The number of aryl methyl sites for hydroxylation is 1. The van der Waals surface area contributed by atoms with Gasteiger partial charge in [0.2, 0.25) is 11.8 Å². The summed E-state index contributed by atoms with van der Waals surface area (Å²) in [6, 6.07) is 8.89. The number of carbonyl (C=O) groups is 1. The van der Waals surface area contributed by atoms with Crippen LogP contribution in [0, 0.1) is 0 Å². The lowest BCUT2D eigenvalue weighted by Gasteiger charge is -2.12. The predicted molar refractivity (Wildman–Crippen MR) is 130 cm³/mol. The Kier molecular flexibility index (Phi) is 6.50. The van der Waals surface area contributed by atoms with Crippen molar-refractivity contribution < 1.29 is 9.90 Å². The van der Waals surface area contributed by atoms with Crippen LogP contribution in [-0.2, 0) is 11.3 Å². The number of amides is 1. The van der Waals surface area contributed by atoms with E-state index < -0.39 is 0 Å². The SMILES string of the molecule is CCn1c(O)c(C=N/N=C/c2c(Cl)cc(Cl)cc2Cl)c2ccc(C3=NNC(=O)CC3)cc21. The van der Waals surface area contributed by atoms with E-state index in [1.165, 1.54) is 12.4 Å². The predicted octanol–water partition coefficient (Wildman–Crippen LogP) is 5.39. The molecule has 10 heteroatoms. The van der Waals surface area contributed by atoms with E-state index >= 15 is 0 Å². The first-order valence-corrected chi connectivity index (χ1v) is 10.9. The summed E-state index contributed by atoms with van der Waals surface area (Å²) in [6.45, 7) is 2.50. The van der Waals surface area contributed by atoms with Crippen molar-refractivity contribution in [2.45, 2.75) is 26.3 Å². The second-order valence-corrected chi connectivity index (χ2v) is 8.33. The number of halogens is 3. The van der Waals surface area contributed by atoms with Gasteiger partial charge in [0.05, 0.1) is 39.3 Å². The van der Waals surface area contributed by atoms with E-state index in [1.807, 2.05) is 25.1 Å². The summed E-state index contributed by atoms with van der Waals surface area (Å²) >= 11 is 18.2. The molecule has 0 atom stereocenters. The summed E-state index contributed by atoms with van der Waals surface area (Å²) in [5, 5.41) is 25.0. The number of carbonyl (C=O) groups excluding carboxylic acids is 1. The van der Waals surface area contributed by atoms with Crippen LogP contribution in [0.2, 0.25) is 15.1 Å². The largest absolute Gasteiger partial charge is 0.494 e. The fourth-order valence-corrected chi connectivity index (χ4v) is 4.45. The topological polar surface area (TPSA) is 91.3 Å². The summed E-state index contributed by atoms with van der Waals surface area (Å²) in [4.78, 5) is 11.4. The third kappa shape index (κ3) is 4.37. The van der Waals surface area contributed by atoms with Crippen molar-refractivity contribution in [3.8, 4) is 5.88 Å². The highest BCUT2D eigenvalue weighted by molar-refractivity contribution is 6.41. The molecule has 2 aromatic carbocycles. The van der Waals surface area contributed by atoms with Gasteiger partial charge < -0.3 is 9.67 Å². The zero-order chi connectivity index (χ0) is 22.8. The van der Waals surface area contributed by atoms with Crippen LogP contribution < -0.4 is 5.43 Å². The summed E-state index contributed by atoms with van der Waals surface area (Å²) in [7, 11) is 0. The van der Waals surface area contributed by atoms with Gasteiger partial charge in [-0.25, -0.2) is 5.43 Å². The normalized spacial score (nSPS) is 14.5. The molecular formula is C22H18Cl3N5O2. The summed E-state index contributed by atoms with van der Waals surface area (Å²) in [5.41, 5.74) is 6.07. The maximum absolute atomic E-state index is 11.4. The molecular weight excluding hydrogens is 473 g/mol. The van der Waals surface area contributed by atoms with E-state index in [-0.39, 0.29) is 11.8 Å². The van der Waals surface area contributed by atoms with Crippen LogP contribution in [0.25, 0.3) is 10.9 Å². The van der Waals surface area contributed by atoms with E-state index in [4.69, 9.17) is 34.8 Å². The maximum Gasteiger partial charge on any atom is 0.240 e. The number of hydrazone groups is 1. The summed E-state index contributed by atoms with van der Waals surface area (Å²) in [5.74, 6) is -0.00956. The first-order chi connectivity index (χ1) is 15.4. The Labute approximate surface area is 199 Å². The van der Waals surface area contributed by atoms with Gasteiger partial charge in [0, 0.05) is 35.4 Å². The van der Waals surface area contributed by atoms with Gasteiger partial charge in [0.1, 0.15) is 0 Å². The van der Waals surface area contributed by atoms with Gasteiger partial charge >= 0.3 is 0 Å². The van der Waals surface area contributed by atoms with Crippen molar-refractivity contribution in [2.75, 3.05) is 0 Å². The number of hydrogen-bond donors (Lipinski definition) is 2. The van der Waals surface area contributed by atoms with Crippen molar-refractivity contribution >= 4 is 69.8 Å². The molecule has 0 radical (unpaired) electrons. The molecule has 1 aliphatic rings. The molecule has 0 fully saturated rings.